The summed E-state index contributed by atoms with van der Waals surface area (Å²) >= 11 is 1.76. The molecular weight excluding hydrogens is 416 g/mol. The van der Waals surface area contributed by atoms with Crippen LogP contribution in [0.25, 0.3) is 0 Å². The van der Waals surface area contributed by atoms with Crippen LogP contribution in [0.15, 0.2) is 12.2 Å². The SMILES string of the molecule is CC(C)(CO)CCCC1CC(=O)C(C=CC2CCC(CCCC(C)(C)CO)S2=O)S1. The monoisotopic (exact) mass is 458 g/mol. The van der Waals surface area contributed by atoms with Gasteiger partial charge in [0.2, 0.25) is 0 Å². The topological polar surface area (TPSA) is 74.6 Å². The van der Waals surface area contributed by atoms with E-state index in [4.69, 9.17) is 0 Å². The predicted octanol–water partition coefficient (Wildman–Crippen LogP) is 4.64. The average molecular weight is 459 g/mol. The van der Waals surface area contributed by atoms with Crippen LogP contribution in [-0.2, 0) is 15.6 Å². The number of ketones is 1. The minimum Gasteiger partial charge on any atom is -0.396 e. The molecule has 2 saturated heterocycles. The molecule has 0 radical (unpaired) electrons. The second kappa shape index (κ2) is 11.6. The summed E-state index contributed by atoms with van der Waals surface area (Å²) in [4.78, 5) is 12.4. The summed E-state index contributed by atoms with van der Waals surface area (Å²) in [6.07, 6.45) is 12.6. The molecule has 30 heavy (non-hydrogen) atoms. The molecule has 2 fully saturated rings. The Morgan fingerprint density at radius 3 is 2.20 bits per heavy atom. The fraction of sp³-hybridized carbons (Fsp3) is 0.875. The largest absolute Gasteiger partial charge is 0.396 e. The van der Waals surface area contributed by atoms with Crippen LogP contribution in [0.1, 0.15) is 85.5 Å². The number of aliphatic hydroxyl groups is 2. The lowest BCUT2D eigenvalue weighted by atomic mass is 9.88. The Hall–Kier alpha value is -0.170. The van der Waals surface area contributed by atoms with E-state index in [0.717, 1.165) is 51.4 Å². The standard InChI is InChI=1S/C24H42O4S2/c1-23(2,16-25)13-5-7-18-15-21(27)22(29-18)12-11-20-10-9-19(30(20)28)8-6-14-24(3,4)17-26/h11-12,18-20,22,25-26H,5-10,13-17H2,1-4H3. The van der Waals surface area contributed by atoms with Gasteiger partial charge in [0.25, 0.3) is 0 Å². The lowest BCUT2D eigenvalue weighted by Gasteiger charge is -2.22. The summed E-state index contributed by atoms with van der Waals surface area (Å²) in [6.45, 7) is 8.69. The zero-order valence-corrected chi connectivity index (χ0v) is 20.9. The van der Waals surface area contributed by atoms with Gasteiger partial charge in [0.05, 0.1) is 10.5 Å². The number of thioether (sulfide) groups is 1. The maximum absolute atomic E-state index is 12.8. The molecule has 0 aromatic carbocycles. The number of carbonyl (C=O) groups is 1. The van der Waals surface area contributed by atoms with E-state index in [9.17, 15) is 19.2 Å². The first-order valence-electron chi connectivity index (χ1n) is 11.5. The number of Topliss-reactive ketones (excluding diaryl/α,β-unsaturated/α-hetero) is 1. The van der Waals surface area contributed by atoms with E-state index in [-0.39, 0.29) is 39.8 Å². The molecule has 5 unspecified atom stereocenters. The zero-order valence-electron chi connectivity index (χ0n) is 19.3. The van der Waals surface area contributed by atoms with Gasteiger partial charge in [-0.2, -0.15) is 0 Å². The smallest absolute Gasteiger partial charge is 0.150 e. The molecule has 6 heteroatoms. The van der Waals surface area contributed by atoms with Gasteiger partial charge in [-0.05, 0) is 49.4 Å². The van der Waals surface area contributed by atoms with Crippen molar-refractivity contribution in [2.24, 2.45) is 10.8 Å². The van der Waals surface area contributed by atoms with E-state index < -0.39 is 10.8 Å². The first-order valence-corrected chi connectivity index (χ1v) is 13.8. The highest BCUT2D eigenvalue weighted by molar-refractivity contribution is 8.01. The zero-order chi connectivity index (χ0) is 22.4. The van der Waals surface area contributed by atoms with Gasteiger partial charge in [0.1, 0.15) is 0 Å². The Bertz CT molecular complexity index is 610. The van der Waals surface area contributed by atoms with Crippen LogP contribution in [0.3, 0.4) is 0 Å². The second-order valence-corrected chi connectivity index (χ2v) is 14.1. The Morgan fingerprint density at radius 2 is 1.60 bits per heavy atom. The van der Waals surface area contributed by atoms with Crippen LogP contribution in [-0.4, -0.2) is 54.4 Å². The highest BCUT2D eigenvalue weighted by Gasteiger charge is 2.34. The highest BCUT2D eigenvalue weighted by Crippen LogP contribution is 2.37. The van der Waals surface area contributed by atoms with E-state index in [1.54, 1.807) is 11.8 Å². The summed E-state index contributed by atoms with van der Waals surface area (Å²) in [6, 6.07) is 0. The van der Waals surface area contributed by atoms with Crippen molar-refractivity contribution < 1.29 is 19.2 Å². The molecule has 4 nitrogen and oxygen atoms in total. The molecule has 0 amide bonds. The fourth-order valence-electron chi connectivity index (χ4n) is 4.26. The van der Waals surface area contributed by atoms with Crippen molar-refractivity contribution in [1.29, 1.82) is 0 Å². The Labute approximate surface area is 190 Å². The summed E-state index contributed by atoms with van der Waals surface area (Å²) < 4.78 is 12.8. The quantitative estimate of drug-likeness (QED) is 0.417. The molecule has 2 aliphatic heterocycles. The number of rotatable bonds is 12. The van der Waals surface area contributed by atoms with Gasteiger partial charge < -0.3 is 10.2 Å². The predicted molar refractivity (Wildman–Crippen MR) is 128 cm³/mol. The van der Waals surface area contributed by atoms with E-state index in [1.165, 1.54) is 0 Å². The van der Waals surface area contributed by atoms with Crippen LogP contribution in [0.4, 0.5) is 0 Å². The molecule has 0 spiro atoms. The third-order valence-corrected chi connectivity index (χ3v) is 10.2. The summed E-state index contributed by atoms with van der Waals surface area (Å²) in [5.74, 6) is 0.300. The van der Waals surface area contributed by atoms with Crippen LogP contribution >= 0.6 is 11.8 Å². The van der Waals surface area contributed by atoms with Gasteiger partial charge in [0, 0.05) is 40.9 Å². The van der Waals surface area contributed by atoms with Gasteiger partial charge in [0.15, 0.2) is 5.78 Å². The normalized spacial score (nSPS) is 30.6. The molecule has 2 rings (SSSR count). The molecule has 2 aliphatic rings. The molecule has 0 aromatic heterocycles. The molecule has 2 N–H and O–H groups in total. The first-order chi connectivity index (χ1) is 14.1. The molecule has 174 valence electrons. The van der Waals surface area contributed by atoms with E-state index in [2.05, 4.69) is 33.8 Å². The number of hydrogen-bond acceptors (Lipinski definition) is 5. The third kappa shape index (κ3) is 8.07. The highest BCUT2D eigenvalue weighted by atomic mass is 32.2. The maximum atomic E-state index is 12.8. The second-order valence-electron chi connectivity index (χ2n) is 10.7. The Morgan fingerprint density at radius 1 is 1.00 bits per heavy atom. The summed E-state index contributed by atoms with van der Waals surface area (Å²) in [7, 11) is -0.858. The molecule has 0 aliphatic carbocycles. The molecular formula is C24H42O4S2. The minimum absolute atomic E-state index is 0.0382. The molecule has 2 heterocycles. The van der Waals surface area contributed by atoms with Crippen LogP contribution < -0.4 is 0 Å². The van der Waals surface area contributed by atoms with Crippen molar-refractivity contribution in [3.8, 4) is 0 Å². The summed E-state index contributed by atoms with van der Waals surface area (Å²) in [5, 5.41) is 19.4. The van der Waals surface area contributed by atoms with Crippen molar-refractivity contribution in [2.75, 3.05) is 13.2 Å². The minimum atomic E-state index is -0.858. The Kier molecular flexibility index (Phi) is 10.1. The third-order valence-electron chi connectivity index (χ3n) is 6.60. The van der Waals surface area contributed by atoms with E-state index >= 15 is 0 Å². The van der Waals surface area contributed by atoms with Crippen molar-refractivity contribution >= 4 is 28.3 Å². The van der Waals surface area contributed by atoms with Gasteiger partial charge in [-0.3, -0.25) is 9.00 Å². The van der Waals surface area contributed by atoms with Gasteiger partial charge in [-0.15, -0.1) is 11.8 Å². The number of carbonyl (C=O) groups excluding carboxylic acids is 1. The van der Waals surface area contributed by atoms with Crippen LogP contribution in [0.5, 0.6) is 0 Å². The Balaban J connectivity index is 1.75. The maximum Gasteiger partial charge on any atom is 0.150 e. The molecule has 0 aromatic rings. The van der Waals surface area contributed by atoms with E-state index in [0.29, 0.717) is 17.5 Å². The van der Waals surface area contributed by atoms with Crippen LogP contribution in [0, 0.1) is 10.8 Å². The molecule has 0 bridgehead atoms. The van der Waals surface area contributed by atoms with Gasteiger partial charge >= 0.3 is 0 Å². The number of hydrogen-bond donors (Lipinski definition) is 2. The summed E-state index contributed by atoms with van der Waals surface area (Å²) in [5.41, 5.74) is -0.0899. The van der Waals surface area contributed by atoms with Crippen molar-refractivity contribution in [2.45, 2.75) is 106 Å². The van der Waals surface area contributed by atoms with Crippen LogP contribution in [0.2, 0.25) is 0 Å². The van der Waals surface area contributed by atoms with Gasteiger partial charge in [-0.25, -0.2) is 0 Å². The lowest BCUT2D eigenvalue weighted by Crippen LogP contribution is -2.19. The average Bonchev–Trinajstić information content (AvgIpc) is 3.22. The molecule has 0 saturated carbocycles. The van der Waals surface area contributed by atoms with Crippen molar-refractivity contribution in [3.63, 3.8) is 0 Å². The number of aliphatic hydroxyl groups excluding tert-OH is 2. The fourth-order valence-corrected chi connectivity index (χ4v) is 7.54. The van der Waals surface area contributed by atoms with Gasteiger partial charge in [-0.1, -0.05) is 52.7 Å². The molecule has 5 atom stereocenters. The van der Waals surface area contributed by atoms with Crippen molar-refractivity contribution in [3.05, 3.63) is 12.2 Å². The lowest BCUT2D eigenvalue weighted by molar-refractivity contribution is -0.117. The first kappa shape index (κ1) is 26.1. The van der Waals surface area contributed by atoms with E-state index in [1.807, 2.05) is 6.08 Å². The van der Waals surface area contributed by atoms with Crippen molar-refractivity contribution in [1.82, 2.24) is 0 Å².